The Hall–Kier alpha value is -3.67. The summed E-state index contributed by atoms with van der Waals surface area (Å²) in [5.41, 5.74) is 2.37. The van der Waals surface area contributed by atoms with Crippen molar-refractivity contribution in [2.24, 2.45) is 0 Å². The normalized spacial score (nSPS) is 14.1. The van der Waals surface area contributed by atoms with E-state index in [-0.39, 0.29) is 11.7 Å². The Bertz CT molecular complexity index is 1260. The molecule has 1 aliphatic rings. The van der Waals surface area contributed by atoms with E-state index < -0.39 is 0 Å². The molecular formula is C21H22FN9OS. The lowest BCUT2D eigenvalue weighted by atomic mass is 10.2. The monoisotopic (exact) mass is 467 g/mol. The third-order valence-electron chi connectivity index (χ3n) is 5.65. The van der Waals surface area contributed by atoms with Gasteiger partial charge in [-0.1, -0.05) is 4.49 Å². The molecular weight excluding hydrogens is 445 g/mol. The van der Waals surface area contributed by atoms with Crippen LogP contribution in [-0.2, 0) is 6.54 Å². The highest BCUT2D eigenvalue weighted by atomic mass is 32.1. The molecule has 0 spiro atoms. The van der Waals surface area contributed by atoms with Crippen LogP contribution in [0.2, 0.25) is 0 Å². The molecule has 0 atom stereocenters. The molecule has 33 heavy (non-hydrogen) atoms. The number of fused-ring (bicyclic) bond motifs is 1. The predicted molar refractivity (Wildman–Crippen MR) is 123 cm³/mol. The van der Waals surface area contributed by atoms with Crippen LogP contribution in [-0.4, -0.2) is 68.0 Å². The maximum Gasteiger partial charge on any atom is 0.265 e. The van der Waals surface area contributed by atoms with E-state index in [4.69, 9.17) is 0 Å². The van der Waals surface area contributed by atoms with E-state index in [9.17, 15) is 9.18 Å². The molecule has 3 aromatic heterocycles. The number of amides is 1. The summed E-state index contributed by atoms with van der Waals surface area (Å²) in [6.07, 6.45) is 3.32. The number of hydrogen-bond donors (Lipinski definition) is 1. The number of hydrogen-bond acceptors (Lipinski definition) is 9. The SMILES string of the molecule is Cc1nnsc1C(=O)NCCn1ncc2c(N3CCN(c4ccc(F)cc4)CC3)ncnc21. The molecule has 0 unspecified atom stereocenters. The van der Waals surface area contributed by atoms with Crippen molar-refractivity contribution in [1.29, 1.82) is 0 Å². The first-order valence-corrected chi connectivity index (χ1v) is 11.4. The zero-order valence-corrected chi connectivity index (χ0v) is 18.8. The second kappa shape index (κ2) is 9.06. The number of nitrogens with one attached hydrogen (secondary N) is 1. The average molecular weight is 468 g/mol. The van der Waals surface area contributed by atoms with Crippen LogP contribution in [0, 0.1) is 12.7 Å². The highest BCUT2D eigenvalue weighted by Crippen LogP contribution is 2.25. The van der Waals surface area contributed by atoms with Gasteiger partial charge in [0.05, 0.1) is 23.8 Å². The van der Waals surface area contributed by atoms with Gasteiger partial charge in [0.2, 0.25) is 0 Å². The molecule has 1 fully saturated rings. The van der Waals surface area contributed by atoms with E-state index in [1.165, 1.54) is 12.1 Å². The van der Waals surface area contributed by atoms with E-state index in [1.54, 1.807) is 24.1 Å². The van der Waals surface area contributed by atoms with E-state index in [2.05, 4.69) is 39.8 Å². The number of aromatic nitrogens is 6. The maximum absolute atomic E-state index is 13.2. The van der Waals surface area contributed by atoms with Gasteiger partial charge in [-0.15, -0.1) is 5.10 Å². The van der Waals surface area contributed by atoms with Crippen LogP contribution in [0.4, 0.5) is 15.9 Å². The van der Waals surface area contributed by atoms with Crippen LogP contribution in [0.1, 0.15) is 15.4 Å². The van der Waals surface area contributed by atoms with Gasteiger partial charge in [0, 0.05) is 38.4 Å². The summed E-state index contributed by atoms with van der Waals surface area (Å²) < 4.78 is 18.8. The van der Waals surface area contributed by atoms with Crippen molar-refractivity contribution in [3.05, 3.63) is 53.2 Å². The molecule has 4 aromatic rings. The lowest BCUT2D eigenvalue weighted by Crippen LogP contribution is -2.46. The molecule has 1 N–H and O–H groups in total. The summed E-state index contributed by atoms with van der Waals surface area (Å²) in [6.45, 7) is 5.83. The topological polar surface area (TPSA) is 105 Å². The van der Waals surface area contributed by atoms with Crippen molar-refractivity contribution in [2.45, 2.75) is 13.5 Å². The summed E-state index contributed by atoms with van der Waals surface area (Å²) in [7, 11) is 0. The Morgan fingerprint density at radius 1 is 1.12 bits per heavy atom. The van der Waals surface area contributed by atoms with Gasteiger partial charge >= 0.3 is 0 Å². The van der Waals surface area contributed by atoms with Crippen LogP contribution in [0.3, 0.4) is 0 Å². The number of carbonyl (C=O) groups excluding carboxylic acids is 1. The molecule has 12 heteroatoms. The minimum absolute atomic E-state index is 0.187. The fraction of sp³-hybridized carbons (Fsp3) is 0.333. The Labute approximate surface area is 193 Å². The summed E-state index contributed by atoms with van der Waals surface area (Å²) in [5.74, 6) is 0.432. The summed E-state index contributed by atoms with van der Waals surface area (Å²) in [5, 5.41) is 12.1. The number of rotatable bonds is 6. The first-order valence-electron chi connectivity index (χ1n) is 10.6. The molecule has 0 bridgehead atoms. The summed E-state index contributed by atoms with van der Waals surface area (Å²) >= 11 is 1.08. The standard InChI is InChI=1S/C21H22FN9OS/c1-14-18(33-28-27-14)21(32)23-6-7-31-20-17(12-26-31)19(24-13-25-20)30-10-8-29(9-11-30)16-4-2-15(22)3-5-16/h2-5,12-13H,6-11H2,1H3,(H,23,32). The van der Waals surface area contributed by atoms with E-state index >= 15 is 0 Å². The summed E-state index contributed by atoms with van der Waals surface area (Å²) in [4.78, 5) is 26.2. The highest BCUT2D eigenvalue weighted by Gasteiger charge is 2.22. The lowest BCUT2D eigenvalue weighted by molar-refractivity contribution is 0.0955. The number of halogens is 1. The number of nitrogens with zero attached hydrogens (tertiary/aromatic N) is 8. The molecule has 1 aliphatic heterocycles. The van der Waals surface area contributed by atoms with E-state index in [0.29, 0.717) is 23.7 Å². The maximum atomic E-state index is 13.2. The first-order chi connectivity index (χ1) is 16.1. The van der Waals surface area contributed by atoms with Gasteiger partial charge in [0.15, 0.2) is 5.65 Å². The van der Waals surface area contributed by atoms with Crippen LogP contribution < -0.4 is 15.1 Å². The number of piperazine rings is 1. The minimum Gasteiger partial charge on any atom is -0.368 e. The molecule has 1 amide bonds. The first kappa shape index (κ1) is 21.2. The smallest absolute Gasteiger partial charge is 0.265 e. The van der Waals surface area contributed by atoms with Crippen LogP contribution >= 0.6 is 11.5 Å². The quantitative estimate of drug-likeness (QED) is 0.458. The molecule has 5 rings (SSSR count). The Morgan fingerprint density at radius 2 is 1.88 bits per heavy atom. The van der Waals surface area contributed by atoms with Crippen molar-refractivity contribution in [2.75, 3.05) is 42.5 Å². The molecule has 0 aliphatic carbocycles. The molecule has 0 saturated carbocycles. The van der Waals surface area contributed by atoms with E-state index in [1.807, 2.05) is 12.1 Å². The number of aryl methyl sites for hydroxylation is 1. The third-order valence-corrected chi connectivity index (χ3v) is 6.48. The molecule has 10 nitrogen and oxygen atoms in total. The fourth-order valence-corrected chi connectivity index (χ4v) is 4.49. The van der Waals surface area contributed by atoms with Crippen molar-refractivity contribution in [1.82, 2.24) is 34.7 Å². The Morgan fingerprint density at radius 3 is 2.61 bits per heavy atom. The van der Waals surface area contributed by atoms with E-state index in [0.717, 1.165) is 60.3 Å². The van der Waals surface area contributed by atoms with Crippen molar-refractivity contribution in [3.8, 4) is 0 Å². The molecule has 1 saturated heterocycles. The number of benzene rings is 1. The minimum atomic E-state index is -0.229. The van der Waals surface area contributed by atoms with Gasteiger partial charge in [-0.25, -0.2) is 19.0 Å². The van der Waals surface area contributed by atoms with Crippen LogP contribution in [0.15, 0.2) is 36.8 Å². The average Bonchev–Trinajstić information content (AvgIpc) is 3.46. The number of anilines is 2. The third kappa shape index (κ3) is 4.33. The van der Waals surface area contributed by atoms with Gasteiger partial charge in [0.25, 0.3) is 5.91 Å². The second-order valence-corrected chi connectivity index (χ2v) is 8.45. The number of carbonyl (C=O) groups is 1. The van der Waals surface area contributed by atoms with Gasteiger partial charge in [0.1, 0.15) is 22.8 Å². The molecule has 4 heterocycles. The molecule has 1 aromatic carbocycles. The largest absolute Gasteiger partial charge is 0.368 e. The van der Waals surface area contributed by atoms with Crippen LogP contribution in [0.5, 0.6) is 0 Å². The Balaban J connectivity index is 1.24. The van der Waals surface area contributed by atoms with Gasteiger partial charge in [-0.05, 0) is 42.7 Å². The lowest BCUT2D eigenvalue weighted by Gasteiger charge is -2.36. The Kier molecular flexibility index (Phi) is 5.82. The van der Waals surface area contributed by atoms with Gasteiger partial charge < -0.3 is 15.1 Å². The van der Waals surface area contributed by atoms with Crippen LogP contribution in [0.25, 0.3) is 11.0 Å². The second-order valence-electron chi connectivity index (χ2n) is 7.70. The van der Waals surface area contributed by atoms with Crippen molar-refractivity contribution in [3.63, 3.8) is 0 Å². The molecule has 0 radical (unpaired) electrons. The molecule has 170 valence electrons. The van der Waals surface area contributed by atoms with Crippen molar-refractivity contribution >= 4 is 40.0 Å². The fourth-order valence-electron chi connectivity index (χ4n) is 3.92. The van der Waals surface area contributed by atoms with Crippen molar-refractivity contribution < 1.29 is 9.18 Å². The zero-order chi connectivity index (χ0) is 22.8. The predicted octanol–water partition coefficient (Wildman–Crippen LogP) is 1.88. The zero-order valence-electron chi connectivity index (χ0n) is 18.0. The highest BCUT2D eigenvalue weighted by molar-refractivity contribution is 7.08. The summed E-state index contributed by atoms with van der Waals surface area (Å²) in [6, 6.07) is 6.59. The van der Waals surface area contributed by atoms with Gasteiger partial charge in [-0.3, -0.25) is 4.79 Å². The van der Waals surface area contributed by atoms with Gasteiger partial charge in [-0.2, -0.15) is 5.10 Å².